The second kappa shape index (κ2) is 10.7. The quantitative estimate of drug-likeness (QED) is 0.585. The van der Waals surface area contributed by atoms with E-state index in [0.29, 0.717) is 0 Å². The van der Waals surface area contributed by atoms with Crippen LogP contribution in [0.15, 0.2) is 0 Å². The van der Waals surface area contributed by atoms with Crippen LogP contribution < -0.4 is 11.1 Å². The highest BCUT2D eigenvalue weighted by Gasteiger charge is 2.38. The van der Waals surface area contributed by atoms with Gasteiger partial charge in [0.15, 0.2) is 0 Å². The third-order valence-electron chi connectivity index (χ3n) is 4.26. The Labute approximate surface area is 147 Å². The van der Waals surface area contributed by atoms with E-state index in [1.807, 2.05) is 0 Å². The number of primary amides is 1. The molecule has 1 rings (SSSR count). The van der Waals surface area contributed by atoms with Gasteiger partial charge in [0.05, 0.1) is 25.6 Å². The lowest BCUT2D eigenvalue weighted by molar-refractivity contribution is -0.157. The summed E-state index contributed by atoms with van der Waals surface area (Å²) in [5.74, 6) is -4.03. The van der Waals surface area contributed by atoms with Crippen LogP contribution in [-0.2, 0) is 28.7 Å². The van der Waals surface area contributed by atoms with Crippen LogP contribution in [-0.4, -0.2) is 43.0 Å². The second-order valence-corrected chi connectivity index (χ2v) is 6.09. The van der Waals surface area contributed by atoms with Gasteiger partial charge in [0.1, 0.15) is 6.04 Å². The predicted molar refractivity (Wildman–Crippen MR) is 89.1 cm³/mol. The van der Waals surface area contributed by atoms with E-state index in [-0.39, 0.29) is 31.5 Å². The molecule has 8 nitrogen and oxygen atoms in total. The number of esters is 2. The van der Waals surface area contributed by atoms with Crippen LogP contribution in [0.3, 0.4) is 0 Å². The highest BCUT2D eigenvalue weighted by molar-refractivity contribution is 5.93. The van der Waals surface area contributed by atoms with Gasteiger partial charge in [-0.3, -0.25) is 19.2 Å². The van der Waals surface area contributed by atoms with E-state index in [0.717, 1.165) is 32.1 Å². The van der Waals surface area contributed by atoms with Crippen molar-refractivity contribution >= 4 is 23.8 Å². The summed E-state index contributed by atoms with van der Waals surface area (Å²) in [6.07, 6.45) is 4.06. The number of rotatable bonds is 9. The molecule has 0 bridgehead atoms. The van der Waals surface area contributed by atoms with E-state index >= 15 is 0 Å². The lowest BCUT2D eigenvalue weighted by Crippen LogP contribution is -2.53. The Balaban J connectivity index is 2.89. The molecule has 0 aliphatic heterocycles. The summed E-state index contributed by atoms with van der Waals surface area (Å²) >= 11 is 0. The molecule has 0 aromatic heterocycles. The van der Waals surface area contributed by atoms with Crippen molar-refractivity contribution < 1.29 is 28.7 Å². The standard InChI is InChI=1S/C17H28N2O6/c1-3-24-13(20)10-12(17(23)25-4-2)14(15(18)21)19-16(22)11-8-6-5-7-9-11/h11-12,14H,3-10H2,1-2H3,(H2,18,21)(H,19,22)/t12-,14+/m0/s1. The van der Waals surface area contributed by atoms with Crippen molar-refractivity contribution in [3.8, 4) is 0 Å². The molecule has 3 N–H and O–H groups in total. The summed E-state index contributed by atoms with van der Waals surface area (Å²) in [6.45, 7) is 3.47. The van der Waals surface area contributed by atoms with Crippen LogP contribution in [0.2, 0.25) is 0 Å². The van der Waals surface area contributed by atoms with E-state index in [2.05, 4.69) is 5.32 Å². The molecule has 0 saturated heterocycles. The van der Waals surface area contributed by atoms with Gasteiger partial charge in [0.25, 0.3) is 0 Å². The number of carbonyl (C=O) groups is 4. The first-order chi connectivity index (χ1) is 11.9. The molecule has 1 fully saturated rings. The normalized spacial score (nSPS) is 17.2. The van der Waals surface area contributed by atoms with Crippen molar-refractivity contribution in [2.45, 2.75) is 58.4 Å². The summed E-state index contributed by atoms with van der Waals surface area (Å²) in [5.41, 5.74) is 5.39. The fourth-order valence-corrected chi connectivity index (χ4v) is 2.99. The van der Waals surface area contributed by atoms with E-state index in [4.69, 9.17) is 15.2 Å². The van der Waals surface area contributed by atoms with Crippen LogP contribution in [0.1, 0.15) is 52.4 Å². The number of nitrogens with two attached hydrogens (primary N) is 1. The van der Waals surface area contributed by atoms with Gasteiger partial charge in [-0.1, -0.05) is 19.3 Å². The summed E-state index contributed by atoms with van der Waals surface area (Å²) < 4.78 is 9.78. The summed E-state index contributed by atoms with van der Waals surface area (Å²) in [5, 5.41) is 2.55. The number of amides is 2. The molecule has 8 heteroatoms. The SMILES string of the molecule is CCOC(=O)C[C@H](C(=O)OCC)[C@@H](NC(=O)C1CCCCC1)C(N)=O. The monoisotopic (exact) mass is 356 g/mol. The Morgan fingerprint density at radius 3 is 2.16 bits per heavy atom. The van der Waals surface area contributed by atoms with Gasteiger partial charge in [0, 0.05) is 5.92 Å². The van der Waals surface area contributed by atoms with Crippen LogP contribution in [0.4, 0.5) is 0 Å². The Hall–Kier alpha value is -2.12. The molecule has 2 amide bonds. The molecule has 1 saturated carbocycles. The van der Waals surface area contributed by atoms with Crippen molar-refractivity contribution in [2.24, 2.45) is 17.6 Å². The van der Waals surface area contributed by atoms with Gasteiger partial charge in [-0.2, -0.15) is 0 Å². The van der Waals surface area contributed by atoms with Crippen LogP contribution >= 0.6 is 0 Å². The molecule has 0 unspecified atom stereocenters. The summed E-state index contributed by atoms with van der Waals surface area (Å²) in [6, 6.07) is -1.31. The average Bonchev–Trinajstić information content (AvgIpc) is 2.58. The van der Waals surface area contributed by atoms with Gasteiger partial charge in [-0.05, 0) is 26.7 Å². The summed E-state index contributed by atoms with van der Waals surface area (Å²) in [4.78, 5) is 48.3. The summed E-state index contributed by atoms with van der Waals surface area (Å²) in [7, 11) is 0. The Morgan fingerprint density at radius 2 is 1.64 bits per heavy atom. The minimum atomic E-state index is -1.31. The average molecular weight is 356 g/mol. The van der Waals surface area contributed by atoms with E-state index in [9.17, 15) is 19.2 Å². The van der Waals surface area contributed by atoms with E-state index < -0.39 is 29.8 Å². The number of ether oxygens (including phenoxy) is 2. The Kier molecular flexibility index (Phi) is 8.94. The van der Waals surface area contributed by atoms with Gasteiger partial charge >= 0.3 is 11.9 Å². The smallest absolute Gasteiger partial charge is 0.312 e. The second-order valence-electron chi connectivity index (χ2n) is 6.09. The van der Waals surface area contributed by atoms with Crippen molar-refractivity contribution in [2.75, 3.05) is 13.2 Å². The third-order valence-corrected chi connectivity index (χ3v) is 4.26. The molecule has 0 radical (unpaired) electrons. The molecule has 0 heterocycles. The molecule has 0 spiro atoms. The first-order valence-corrected chi connectivity index (χ1v) is 8.82. The molecule has 1 aliphatic carbocycles. The lowest BCUT2D eigenvalue weighted by atomic mass is 9.87. The molecule has 142 valence electrons. The van der Waals surface area contributed by atoms with Crippen molar-refractivity contribution in [1.29, 1.82) is 0 Å². The first-order valence-electron chi connectivity index (χ1n) is 8.82. The molecule has 25 heavy (non-hydrogen) atoms. The zero-order chi connectivity index (χ0) is 18.8. The minimum Gasteiger partial charge on any atom is -0.466 e. The predicted octanol–water partition coefficient (Wildman–Crippen LogP) is 0.669. The molecular weight excluding hydrogens is 328 g/mol. The maximum atomic E-state index is 12.4. The topological polar surface area (TPSA) is 125 Å². The molecule has 1 aliphatic rings. The fourth-order valence-electron chi connectivity index (χ4n) is 2.99. The van der Waals surface area contributed by atoms with Crippen molar-refractivity contribution in [3.05, 3.63) is 0 Å². The number of hydrogen-bond donors (Lipinski definition) is 2. The van der Waals surface area contributed by atoms with Gasteiger partial charge in [-0.15, -0.1) is 0 Å². The molecular formula is C17H28N2O6. The first kappa shape index (κ1) is 20.9. The number of hydrogen-bond acceptors (Lipinski definition) is 6. The van der Waals surface area contributed by atoms with E-state index in [1.54, 1.807) is 13.8 Å². The van der Waals surface area contributed by atoms with Gasteiger partial charge < -0.3 is 20.5 Å². The zero-order valence-electron chi connectivity index (χ0n) is 14.9. The Morgan fingerprint density at radius 1 is 1.04 bits per heavy atom. The highest BCUT2D eigenvalue weighted by Crippen LogP contribution is 2.24. The molecule has 0 aromatic carbocycles. The Bertz CT molecular complexity index is 488. The maximum Gasteiger partial charge on any atom is 0.312 e. The van der Waals surface area contributed by atoms with Crippen molar-refractivity contribution in [3.63, 3.8) is 0 Å². The van der Waals surface area contributed by atoms with Gasteiger partial charge in [0.2, 0.25) is 11.8 Å². The van der Waals surface area contributed by atoms with Gasteiger partial charge in [-0.25, -0.2) is 0 Å². The van der Waals surface area contributed by atoms with Crippen LogP contribution in [0.25, 0.3) is 0 Å². The molecule has 0 aromatic rings. The maximum absolute atomic E-state index is 12.4. The number of nitrogens with one attached hydrogen (secondary N) is 1. The largest absolute Gasteiger partial charge is 0.466 e. The van der Waals surface area contributed by atoms with Crippen LogP contribution in [0.5, 0.6) is 0 Å². The van der Waals surface area contributed by atoms with Crippen LogP contribution in [0, 0.1) is 11.8 Å². The number of carbonyl (C=O) groups excluding carboxylic acids is 4. The lowest BCUT2D eigenvalue weighted by Gasteiger charge is -2.27. The van der Waals surface area contributed by atoms with E-state index in [1.165, 1.54) is 0 Å². The minimum absolute atomic E-state index is 0.0835. The zero-order valence-corrected chi connectivity index (χ0v) is 14.9. The molecule has 2 atom stereocenters. The third kappa shape index (κ3) is 6.72. The van der Waals surface area contributed by atoms with Crippen molar-refractivity contribution in [1.82, 2.24) is 5.32 Å². The fraction of sp³-hybridized carbons (Fsp3) is 0.765. The highest BCUT2D eigenvalue weighted by atomic mass is 16.5.